The topological polar surface area (TPSA) is 56.2 Å². The average Bonchev–Trinajstić information content (AvgIpc) is 3.12. The highest BCUT2D eigenvalue weighted by Gasteiger charge is 2.13. The Balaban J connectivity index is 1.41. The molecule has 4 aromatic rings. The van der Waals surface area contributed by atoms with Gasteiger partial charge in [-0.3, -0.25) is 9.48 Å². The minimum Gasteiger partial charge on any atom is -0.489 e. The Hall–Kier alpha value is -2.80. The lowest BCUT2D eigenvalue weighted by molar-refractivity contribution is 0.102. The van der Waals surface area contributed by atoms with E-state index in [4.69, 9.17) is 27.9 Å². The number of carbonyl (C=O) groups is 1. The van der Waals surface area contributed by atoms with Gasteiger partial charge >= 0.3 is 0 Å². The van der Waals surface area contributed by atoms with Gasteiger partial charge < -0.3 is 10.1 Å². The summed E-state index contributed by atoms with van der Waals surface area (Å²) < 4.78 is 8.21. The van der Waals surface area contributed by atoms with Gasteiger partial charge in [-0.05, 0) is 69.5 Å². The predicted molar refractivity (Wildman–Crippen MR) is 131 cm³/mol. The van der Waals surface area contributed by atoms with E-state index in [1.54, 1.807) is 28.9 Å². The molecule has 0 aliphatic heterocycles. The molecule has 162 valence electrons. The van der Waals surface area contributed by atoms with E-state index < -0.39 is 0 Å². The average molecular weight is 531 g/mol. The number of anilines is 1. The maximum atomic E-state index is 12.8. The van der Waals surface area contributed by atoms with E-state index in [2.05, 4.69) is 26.3 Å². The van der Waals surface area contributed by atoms with Crippen LogP contribution in [0.1, 0.15) is 21.5 Å². The standard InChI is InChI=1S/C24H18BrCl2N3O2/c25-22-14-30(13-16-7-9-19(26)10-8-16)29-23(22)28-24(31)18-4-1-3-17(11-18)15-32-21-6-2-5-20(27)12-21/h1-12,14H,13,15H2,(H,28,29,31). The van der Waals surface area contributed by atoms with Crippen molar-refractivity contribution >= 4 is 50.9 Å². The van der Waals surface area contributed by atoms with E-state index in [0.29, 0.717) is 44.8 Å². The van der Waals surface area contributed by atoms with Gasteiger partial charge in [-0.2, -0.15) is 5.10 Å². The molecule has 0 saturated carbocycles. The maximum absolute atomic E-state index is 12.8. The molecule has 1 amide bonds. The molecule has 0 atom stereocenters. The van der Waals surface area contributed by atoms with Crippen LogP contribution in [-0.2, 0) is 13.2 Å². The number of halogens is 3. The molecule has 8 heteroatoms. The number of carbonyl (C=O) groups excluding carboxylic acids is 1. The van der Waals surface area contributed by atoms with Gasteiger partial charge in [-0.1, -0.05) is 53.5 Å². The number of nitrogens with one attached hydrogen (secondary N) is 1. The zero-order valence-electron chi connectivity index (χ0n) is 16.8. The number of amides is 1. The molecule has 0 bridgehead atoms. The van der Waals surface area contributed by atoms with Crippen molar-refractivity contribution in [1.82, 2.24) is 9.78 Å². The fraction of sp³-hybridized carbons (Fsp3) is 0.0833. The van der Waals surface area contributed by atoms with Crippen molar-refractivity contribution in [2.75, 3.05) is 5.32 Å². The normalized spacial score (nSPS) is 10.7. The van der Waals surface area contributed by atoms with Gasteiger partial charge in [0.2, 0.25) is 0 Å². The minimum atomic E-state index is -0.257. The largest absolute Gasteiger partial charge is 0.489 e. The van der Waals surface area contributed by atoms with Crippen molar-refractivity contribution in [3.8, 4) is 5.75 Å². The molecular formula is C24H18BrCl2N3O2. The van der Waals surface area contributed by atoms with Crippen molar-refractivity contribution in [3.05, 3.63) is 110 Å². The van der Waals surface area contributed by atoms with Crippen LogP contribution in [0.2, 0.25) is 10.0 Å². The first-order valence-corrected chi connectivity index (χ1v) is 11.3. The molecule has 0 unspecified atom stereocenters. The maximum Gasteiger partial charge on any atom is 0.256 e. The first-order chi connectivity index (χ1) is 15.5. The zero-order valence-corrected chi connectivity index (χ0v) is 19.9. The van der Waals surface area contributed by atoms with Gasteiger partial charge in [0.15, 0.2) is 5.82 Å². The van der Waals surface area contributed by atoms with Gasteiger partial charge in [0, 0.05) is 21.8 Å². The lowest BCUT2D eigenvalue weighted by Crippen LogP contribution is -2.13. The van der Waals surface area contributed by atoms with Crippen LogP contribution in [0.25, 0.3) is 0 Å². The first-order valence-electron chi connectivity index (χ1n) is 9.72. The monoisotopic (exact) mass is 529 g/mol. The molecule has 32 heavy (non-hydrogen) atoms. The van der Waals surface area contributed by atoms with E-state index >= 15 is 0 Å². The second kappa shape index (κ2) is 10.2. The van der Waals surface area contributed by atoms with E-state index in [-0.39, 0.29) is 5.91 Å². The fourth-order valence-corrected chi connectivity index (χ4v) is 3.77. The Labute approximate surface area is 204 Å². The molecule has 3 aromatic carbocycles. The van der Waals surface area contributed by atoms with Crippen LogP contribution in [0.15, 0.2) is 83.5 Å². The number of nitrogens with zero attached hydrogens (tertiary/aromatic N) is 2. The number of hydrogen-bond acceptors (Lipinski definition) is 3. The second-order valence-corrected chi connectivity index (χ2v) is 8.78. The van der Waals surface area contributed by atoms with Crippen LogP contribution in [0.4, 0.5) is 5.82 Å². The summed E-state index contributed by atoms with van der Waals surface area (Å²) in [6.45, 7) is 0.878. The van der Waals surface area contributed by atoms with Gasteiger partial charge in [-0.15, -0.1) is 0 Å². The van der Waals surface area contributed by atoms with Crippen molar-refractivity contribution in [3.63, 3.8) is 0 Å². The van der Waals surface area contributed by atoms with Gasteiger partial charge in [0.25, 0.3) is 5.91 Å². The highest BCUT2D eigenvalue weighted by Crippen LogP contribution is 2.23. The highest BCUT2D eigenvalue weighted by atomic mass is 79.9. The smallest absolute Gasteiger partial charge is 0.256 e. The highest BCUT2D eigenvalue weighted by molar-refractivity contribution is 9.10. The van der Waals surface area contributed by atoms with Crippen LogP contribution in [0.5, 0.6) is 5.75 Å². The third kappa shape index (κ3) is 5.91. The number of benzene rings is 3. The van der Waals surface area contributed by atoms with Crippen LogP contribution in [0, 0.1) is 0 Å². The number of hydrogen-bond donors (Lipinski definition) is 1. The molecule has 1 heterocycles. The van der Waals surface area contributed by atoms with Crippen molar-refractivity contribution in [2.24, 2.45) is 0 Å². The molecule has 1 N–H and O–H groups in total. The second-order valence-electron chi connectivity index (χ2n) is 7.05. The summed E-state index contributed by atoms with van der Waals surface area (Å²) in [6.07, 6.45) is 1.82. The Morgan fingerprint density at radius 2 is 1.75 bits per heavy atom. The van der Waals surface area contributed by atoms with E-state index in [1.807, 2.05) is 54.7 Å². The summed E-state index contributed by atoms with van der Waals surface area (Å²) in [4.78, 5) is 12.8. The molecular weight excluding hydrogens is 513 g/mol. The predicted octanol–water partition coefficient (Wildman–Crippen LogP) is 6.83. The first kappa shape index (κ1) is 22.4. The molecule has 0 saturated heterocycles. The molecule has 0 radical (unpaired) electrons. The summed E-state index contributed by atoms with van der Waals surface area (Å²) >= 11 is 15.4. The summed E-state index contributed by atoms with van der Waals surface area (Å²) in [5, 5.41) is 8.61. The van der Waals surface area contributed by atoms with E-state index in [0.717, 1.165) is 11.1 Å². The molecule has 4 rings (SSSR count). The van der Waals surface area contributed by atoms with Gasteiger partial charge in [0.1, 0.15) is 12.4 Å². The van der Waals surface area contributed by atoms with Crippen LogP contribution < -0.4 is 10.1 Å². The fourth-order valence-electron chi connectivity index (χ4n) is 3.05. The van der Waals surface area contributed by atoms with Gasteiger partial charge in [0.05, 0.1) is 11.0 Å². The van der Waals surface area contributed by atoms with Crippen LogP contribution >= 0.6 is 39.1 Å². The third-order valence-electron chi connectivity index (χ3n) is 4.60. The Morgan fingerprint density at radius 1 is 0.969 bits per heavy atom. The lowest BCUT2D eigenvalue weighted by atomic mass is 10.1. The summed E-state index contributed by atoms with van der Waals surface area (Å²) in [7, 11) is 0. The number of rotatable bonds is 7. The number of aromatic nitrogens is 2. The van der Waals surface area contributed by atoms with Crippen LogP contribution in [-0.4, -0.2) is 15.7 Å². The molecule has 5 nitrogen and oxygen atoms in total. The molecule has 0 aliphatic rings. The van der Waals surface area contributed by atoms with Crippen molar-refractivity contribution < 1.29 is 9.53 Å². The lowest BCUT2D eigenvalue weighted by Gasteiger charge is -2.08. The van der Waals surface area contributed by atoms with E-state index in [1.165, 1.54) is 0 Å². The van der Waals surface area contributed by atoms with Crippen LogP contribution in [0.3, 0.4) is 0 Å². The van der Waals surface area contributed by atoms with Gasteiger partial charge in [-0.25, -0.2) is 0 Å². The van der Waals surface area contributed by atoms with E-state index in [9.17, 15) is 4.79 Å². The molecule has 1 aromatic heterocycles. The Bertz CT molecular complexity index is 1240. The third-order valence-corrected chi connectivity index (χ3v) is 5.66. The summed E-state index contributed by atoms with van der Waals surface area (Å²) in [5.74, 6) is 0.860. The minimum absolute atomic E-state index is 0.257. The molecule has 0 aliphatic carbocycles. The van der Waals surface area contributed by atoms with Crippen molar-refractivity contribution in [1.29, 1.82) is 0 Å². The molecule has 0 fully saturated rings. The summed E-state index contributed by atoms with van der Waals surface area (Å²) in [5.41, 5.74) is 2.43. The Kier molecular flexibility index (Phi) is 7.15. The molecule has 0 spiro atoms. The van der Waals surface area contributed by atoms with Crippen molar-refractivity contribution in [2.45, 2.75) is 13.2 Å². The zero-order chi connectivity index (χ0) is 22.5. The summed E-state index contributed by atoms with van der Waals surface area (Å²) in [6, 6.07) is 22.0. The number of ether oxygens (including phenoxy) is 1. The SMILES string of the molecule is O=C(Nc1nn(Cc2ccc(Cl)cc2)cc1Br)c1cccc(COc2cccc(Cl)c2)c1. The Morgan fingerprint density at radius 3 is 2.53 bits per heavy atom. The quantitative estimate of drug-likeness (QED) is 0.285.